The molecule has 4 rings (SSSR count). The number of nitrogens with one attached hydrogen (secondary N) is 1. The van der Waals surface area contributed by atoms with Crippen molar-refractivity contribution in [3.63, 3.8) is 0 Å². The number of nitrogens with zero attached hydrogens (tertiary/aromatic N) is 3. The van der Waals surface area contributed by atoms with Gasteiger partial charge in [-0.05, 0) is 42.7 Å². The number of fused-ring (bicyclic) bond motifs is 1. The SMILES string of the molecule is O=C(O)NC(CS(=O)(=O)N1CCC(Oc2ccnc3c(Cl)cccc23)CC1)c1cccnc1. The summed E-state index contributed by atoms with van der Waals surface area (Å²) in [5, 5.41) is 12.8. The van der Waals surface area contributed by atoms with E-state index in [0.717, 1.165) is 5.39 Å². The maximum atomic E-state index is 13.0. The summed E-state index contributed by atoms with van der Waals surface area (Å²) in [6.45, 7) is 0.563. The van der Waals surface area contributed by atoms with Crippen molar-refractivity contribution in [3.05, 3.63) is 65.6 Å². The third-order valence-electron chi connectivity index (χ3n) is 5.53. The predicted octanol–water partition coefficient (Wildman–Crippen LogP) is 3.47. The van der Waals surface area contributed by atoms with E-state index in [2.05, 4.69) is 15.3 Å². The summed E-state index contributed by atoms with van der Waals surface area (Å²) in [6.07, 6.45) is 4.20. The number of benzene rings is 1. The minimum atomic E-state index is -3.72. The van der Waals surface area contributed by atoms with E-state index in [1.165, 1.54) is 10.5 Å². The number of sulfonamides is 1. The zero-order valence-electron chi connectivity index (χ0n) is 17.6. The second-order valence-electron chi connectivity index (χ2n) is 7.73. The topological polar surface area (TPSA) is 122 Å². The average Bonchev–Trinajstić information content (AvgIpc) is 2.80. The summed E-state index contributed by atoms with van der Waals surface area (Å²) in [5.74, 6) is 0.274. The number of hydrogen-bond acceptors (Lipinski definition) is 6. The molecule has 0 bridgehead atoms. The van der Waals surface area contributed by atoms with E-state index in [0.29, 0.717) is 34.7 Å². The number of carboxylic acid groups (broad SMARTS) is 1. The molecule has 0 spiro atoms. The molecule has 11 heteroatoms. The molecule has 0 radical (unpaired) electrons. The number of amides is 1. The van der Waals surface area contributed by atoms with Gasteiger partial charge in [0.1, 0.15) is 11.9 Å². The van der Waals surface area contributed by atoms with E-state index in [1.807, 2.05) is 12.1 Å². The van der Waals surface area contributed by atoms with Gasteiger partial charge < -0.3 is 15.2 Å². The number of halogens is 1. The monoisotopic (exact) mass is 490 g/mol. The highest BCUT2D eigenvalue weighted by atomic mass is 35.5. The number of piperidine rings is 1. The van der Waals surface area contributed by atoms with E-state index in [9.17, 15) is 13.2 Å². The molecule has 1 amide bonds. The molecule has 1 unspecified atom stereocenters. The van der Waals surface area contributed by atoms with E-state index in [1.54, 1.807) is 36.7 Å². The normalized spacial score (nSPS) is 16.4. The Morgan fingerprint density at radius 2 is 2.00 bits per heavy atom. The van der Waals surface area contributed by atoms with Crippen molar-refractivity contribution in [2.45, 2.75) is 25.0 Å². The molecule has 9 nitrogen and oxygen atoms in total. The maximum Gasteiger partial charge on any atom is 0.405 e. The van der Waals surface area contributed by atoms with Crippen LogP contribution in [0.25, 0.3) is 10.9 Å². The number of pyridine rings is 2. The lowest BCUT2D eigenvalue weighted by Gasteiger charge is -2.32. The van der Waals surface area contributed by atoms with Crippen LogP contribution in [0.15, 0.2) is 55.0 Å². The van der Waals surface area contributed by atoms with Gasteiger partial charge in [0, 0.05) is 37.1 Å². The Balaban J connectivity index is 1.42. The molecule has 2 N–H and O–H groups in total. The largest absolute Gasteiger partial charge is 0.490 e. The van der Waals surface area contributed by atoms with Crippen molar-refractivity contribution in [2.24, 2.45) is 0 Å². The van der Waals surface area contributed by atoms with E-state index >= 15 is 0 Å². The molecule has 1 atom stereocenters. The summed E-state index contributed by atoms with van der Waals surface area (Å²) in [6, 6.07) is 9.63. The van der Waals surface area contributed by atoms with E-state index < -0.39 is 22.2 Å². The lowest BCUT2D eigenvalue weighted by Crippen LogP contribution is -2.45. The van der Waals surface area contributed by atoms with Crippen molar-refractivity contribution >= 4 is 38.6 Å². The first-order valence-corrected chi connectivity index (χ1v) is 12.4. The van der Waals surface area contributed by atoms with Crippen LogP contribution < -0.4 is 10.1 Å². The van der Waals surface area contributed by atoms with Crippen LogP contribution >= 0.6 is 11.6 Å². The molecule has 1 aliphatic rings. The van der Waals surface area contributed by atoms with Crippen LogP contribution in [0, 0.1) is 0 Å². The second-order valence-corrected chi connectivity index (χ2v) is 10.1. The fraction of sp³-hybridized carbons (Fsp3) is 0.318. The predicted molar refractivity (Wildman–Crippen MR) is 124 cm³/mol. The van der Waals surface area contributed by atoms with Gasteiger partial charge in [0.2, 0.25) is 10.0 Å². The van der Waals surface area contributed by atoms with Gasteiger partial charge in [0.15, 0.2) is 0 Å². The number of carbonyl (C=O) groups is 1. The Hall–Kier alpha value is -2.95. The standard InChI is InChI=1S/C22H23ClN4O5S/c23-18-5-1-4-17-20(6-10-25-21(17)18)32-16-7-11-27(12-8-16)33(30,31)14-19(26-22(28)29)15-3-2-9-24-13-15/h1-6,9-10,13,16,19,26H,7-8,11-12,14H2,(H,28,29). The Labute approximate surface area is 196 Å². The Bertz CT molecular complexity index is 1230. The van der Waals surface area contributed by atoms with Gasteiger partial charge in [-0.15, -0.1) is 0 Å². The Morgan fingerprint density at radius 1 is 1.21 bits per heavy atom. The van der Waals surface area contributed by atoms with Gasteiger partial charge in [0.05, 0.1) is 22.3 Å². The van der Waals surface area contributed by atoms with Crippen LogP contribution in [0.4, 0.5) is 4.79 Å². The maximum absolute atomic E-state index is 13.0. The number of rotatable bonds is 7. The fourth-order valence-electron chi connectivity index (χ4n) is 3.89. The molecule has 1 saturated heterocycles. The van der Waals surface area contributed by atoms with Crippen LogP contribution in [-0.4, -0.2) is 58.8 Å². The van der Waals surface area contributed by atoms with Gasteiger partial charge in [-0.2, -0.15) is 0 Å². The summed E-state index contributed by atoms with van der Waals surface area (Å²) in [4.78, 5) is 19.5. The van der Waals surface area contributed by atoms with Crippen molar-refractivity contribution in [1.82, 2.24) is 19.6 Å². The number of hydrogen-bond donors (Lipinski definition) is 2. The molecule has 1 aliphatic heterocycles. The van der Waals surface area contributed by atoms with E-state index in [-0.39, 0.29) is 24.9 Å². The number of aromatic nitrogens is 2. The van der Waals surface area contributed by atoms with Gasteiger partial charge in [0.25, 0.3) is 0 Å². The lowest BCUT2D eigenvalue weighted by molar-refractivity contribution is 0.136. The Kier molecular flexibility index (Phi) is 6.96. The smallest absolute Gasteiger partial charge is 0.405 e. The van der Waals surface area contributed by atoms with Crippen molar-refractivity contribution in [1.29, 1.82) is 0 Å². The highest BCUT2D eigenvalue weighted by Crippen LogP contribution is 2.31. The van der Waals surface area contributed by atoms with Gasteiger partial charge in [-0.25, -0.2) is 17.5 Å². The van der Waals surface area contributed by atoms with Crippen molar-refractivity contribution in [2.75, 3.05) is 18.8 Å². The molecule has 3 heterocycles. The highest BCUT2D eigenvalue weighted by Gasteiger charge is 2.32. The number of ether oxygens (including phenoxy) is 1. The molecule has 2 aromatic heterocycles. The Morgan fingerprint density at radius 3 is 2.70 bits per heavy atom. The molecule has 3 aromatic rings. The summed E-state index contributed by atoms with van der Waals surface area (Å²) >= 11 is 6.22. The summed E-state index contributed by atoms with van der Waals surface area (Å²) in [7, 11) is -3.72. The minimum absolute atomic E-state index is 0.160. The van der Waals surface area contributed by atoms with Crippen LogP contribution in [0.2, 0.25) is 5.02 Å². The molecule has 1 fully saturated rings. The van der Waals surface area contributed by atoms with Gasteiger partial charge in [-0.1, -0.05) is 23.7 Å². The molecule has 174 valence electrons. The highest BCUT2D eigenvalue weighted by molar-refractivity contribution is 7.89. The average molecular weight is 491 g/mol. The minimum Gasteiger partial charge on any atom is -0.490 e. The first-order chi connectivity index (χ1) is 15.8. The van der Waals surface area contributed by atoms with E-state index in [4.69, 9.17) is 21.4 Å². The first-order valence-electron chi connectivity index (χ1n) is 10.4. The lowest BCUT2D eigenvalue weighted by atomic mass is 10.1. The molecular weight excluding hydrogens is 468 g/mol. The van der Waals surface area contributed by atoms with Crippen molar-refractivity contribution < 1.29 is 23.1 Å². The molecule has 0 saturated carbocycles. The van der Waals surface area contributed by atoms with Crippen LogP contribution in [-0.2, 0) is 10.0 Å². The summed E-state index contributed by atoms with van der Waals surface area (Å²) in [5.41, 5.74) is 1.15. The molecular formula is C22H23ClN4O5S. The zero-order valence-corrected chi connectivity index (χ0v) is 19.2. The van der Waals surface area contributed by atoms with Gasteiger partial charge >= 0.3 is 6.09 Å². The third kappa shape index (κ3) is 5.52. The summed E-state index contributed by atoms with van der Waals surface area (Å²) < 4.78 is 33.6. The zero-order chi connectivity index (χ0) is 23.4. The molecule has 0 aliphatic carbocycles. The first kappa shape index (κ1) is 23.2. The van der Waals surface area contributed by atoms with Gasteiger partial charge in [-0.3, -0.25) is 9.97 Å². The van der Waals surface area contributed by atoms with Crippen LogP contribution in [0.5, 0.6) is 5.75 Å². The second kappa shape index (κ2) is 9.90. The quantitative estimate of drug-likeness (QED) is 0.520. The number of para-hydroxylation sites is 1. The van der Waals surface area contributed by atoms with Crippen LogP contribution in [0.3, 0.4) is 0 Å². The molecule has 33 heavy (non-hydrogen) atoms. The fourth-order valence-corrected chi connectivity index (χ4v) is 5.79. The van der Waals surface area contributed by atoms with Crippen molar-refractivity contribution in [3.8, 4) is 5.75 Å². The third-order valence-corrected chi connectivity index (χ3v) is 7.74. The van der Waals surface area contributed by atoms with Crippen LogP contribution in [0.1, 0.15) is 24.4 Å². The molecule has 1 aromatic carbocycles.